The number of nitrogens with one attached hydrogen (secondary N) is 2. The lowest BCUT2D eigenvalue weighted by Gasteiger charge is -2.45. The van der Waals surface area contributed by atoms with E-state index in [1.165, 1.54) is 9.47 Å². The highest BCUT2D eigenvalue weighted by Gasteiger charge is 2.46. The standard InChI is InChI=1S/C22H19B5F2N4O4/c1-2-32-8-11-6-13(31-22(26,27)21(23,24)25)15-14(17(34)18(35)16(20(32)37)33(11)15)19(36)30-7-9-3-4-10(28)5-12(9)29/h3-5,11,13,31,35H,2,6-8H2,1H3,(H,30,36)/t11-,13+/m1/s1. The molecule has 2 amide bonds. The molecule has 2 atom stereocenters. The van der Waals surface area contributed by atoms with Crippen LogP contribution in [0.15, 0.2) is 23.0 Å². The molecular formula is C22H19B5F2N4O4. The number of pyridine rings is 1. The van der Waals surface area contributed by atoms with E-state index in [0.29, 0.717) is 12.6 Å². The lowest BCUT2D eigenvalue weighted by molar-refractivity contribution is 0.0674. The number of benzene rings is 1. The third-order valence-corrected chi connectivity index (χ3v) is 6.74. The molecule has 0 bridgehead atoms. The van der Waals surface area contributed by atoms with Gasteiger partial charge in [-0.2, -0.15) is 0 Å². The van der Waals surface area contributed by atoms with Gasteiger partial charge in [-0.05, 0) is 19.4 Å². The first kappa shape index (κ1) is 27.1. The maximum Gasteiger partial charge on any atom is 0.274 e. The number of hydrogen-bond donors (Lipinski definition) is 3. The minimum atomic E-state index is -2.13. The van der Waals surface area contributed by atoms with E-state index in [2.05, 4.69) is 10.6 Å². The molecule has 0 unspecified atom stereocenters. The zero-order valence-electron chi connectivity index (χ0n) is 19.9. The number of aromatic hydroxyl groups is 1. The Morgan fingerprint density at radius 3 is 2.46 bits per heavy atom. The Morgan fingerprint density at radius 2 is 1.86 bits per heavy atom. The monoisotopic (exact) mass is 496 g/mol. The molecule has 1 aromatic heterocycles. The van der Waals surface area contributed by atoms with Crippen molar-refractivity contribution in [3.8, 4) is 5.75 Å². The first-order valence-electron chi connectivity index (χ1n) is 11.4. The molecule has 4 rings (SSSR count). The highest BCUT2D eigenvalue weighted by Crippen LogP contribution is 2.43. The molecule has 15 heteroatoms. The Hall–Kier alpha value is -2.95. The normalized spacial score (nSPS) is 19.1. The van der Waals surface area contributed by atoms with Crippen molar-refractivity contribution in [3.63, 3.8) is 0 Å². The van der Waals surface area contributed by atoms with E-state index in [0.717, 1.165) is 12.1 Å². The first-order chi connectivity index (χ1) is 17.2. The fraction of sp³-hybridized carbons (Fsp3) is 0.409. The van der Waals surface area contributed by atoms with Crippen LogP contribution in [0.5, 0.6) is 5.75 Å². The van der Waals surface area contributed by atoms with E-state index in [9.17, 15) is 28.3 Å². The molecular weight excluding hydrogens is 476 g/mol. The highest BCUT2D eigenvalue weighted by atomic mass is 19.1. The fourth-order valence-corrected chi connectivity index (χ4v) is 4.72. The van der Waals surface area contributed by atoms with Crippen molar-refractivity contribution >= 4 is 51.0 Å². The van der Waals surface area contributed by atoms with Gasteiger partial charge in [-0.3, -0.25) is 14.4 Å². The molecule has 8 nitrogen and oxygen atoms in total. The first-order valence-corrected chi connectivity index (χ1v) is 11.4. The molecule has 1 aromatic carbocycles. The summed E-state index contributed by atoms with van der Waals surface area (Å²) in [4.78, 5) is 41.0. The molecule has 3 heterocycles. The highest BCUT2D eigenvalue weighted by molar-refractivity contribution is 6.67. The quantitative estimate of drug-likeness (QED) is 0.445. The maximum atomic E-state index is 14.1. The second-order valence-electron chi connectivity index (χ2n) is 9.31. The van der Waals surface area contributed by atoms with E-state index in [4.69, 9.17) is 39.2 Å². The number of aromatic nitrogens is 1. The van der Waals surface area contributed by atoms with Gasteiger partial charge in [0, 0.05) is 37.3 Å². The van der Waals surface area contributed by atoms with Gasteiger partial charge in [-0.15, -0.1) is 5.11 Å². The van der Waals surface area contributed by atoms with Crippen molar-refractivity contribution in [2.24, 2.45) is 0 Å². The van der Waals surface area contributed by atoms with Gasteiger partial charge in [-0.25, -0.2) is 8.78 Å². The van der Waals surface area contributed by atoms with Crippen LogP contribution >= 0.6 is 0 Å². The molecule has 0 saturated carbocycles. The maximum absolute atomic E-state index is 14.1. The second-order valence-corrected chi connectivity index (χ2v) is 9.31. The van der Waals surface area contributed by atoms with Crippen LogP contribution in [-0.2, 0) is 6.54 Å². The van der Waals surface area contributed by atoms with E-state index >= 15 is 0 Å². The van der Waals surface area contributed by atoms with E-state index in [1.54, 1.807) is 6.92 Å². The van der Waals surface area contributed by atoms with Crippen molar-refractivity contribution in [1.82, 2.24) is 20.1 Å². The Labute approximate surface area is 218 Å². The Morgan fingerprint density at radius 1 is 1.19 bits per heavy atom. The van der Waals surface area contributed by atoms with Gasteiger partial charge in [0.2, 0.25) is 5.43 Å². The summed E-state index contributed by atoms with van der Waals surface area (Å²) in [6.45, 7) is 1.85. The van der Waals surface area contributed by atoms with Crippen molar-refractivity contribution in [2.45, 2.75) is 42.4 Å². The molecule has 0 spiro atoms. The van der Waals surface area contributed by atoms with E-state index in [-0.39, 0.29) is 29.9 Å². The Balaban J connectivity index is 1.82. The Kier molecular flexibility index (Phi) is 6.90. The number of nitrogens with zero attached hydrogens (tertiary/aromatic N) is 2. The molecule has 2 aliphatic rings. The van der Waals surface area contributed by atoms with Crippen molar-refractivity contribution in [2.75, 3.05) is 13.1 Å². The third-order valence-electron chi connectivity index (χ3n) is 6.74. The number of rotatable bonds is 7. The summed E-state index contributed by atoms with van der Waals surface area (Å²) in [5, 5.41) is 11.7. The van der Waals surface area contributed by atoms with Crippen LogP contribution in [0.3, 0.4) is 0 Å². The van der Waals surface area contributed by atoms with Crippen molar-refractivity contribution < 1.29 is 23.5 Å². The zero-order chi connectivity index (χ0) is 27.4. The molecule has 0 fully saturated rings. The molecule has 0 aliphatic carbocycles. The summed E-state index contributed by atoms with van der Waals surface area (Å²) in [5.74, 6) is -4.19. The minimum Gasteiger partial charge on any atom is -0.503 e. The summed E-state index contributed by atoms with van der Waals surface area (Å²) in [5.41, 5.74) is -1.97. The van der Waals surface area contributed by atoms with Crippen LogP contribution < -0.4 is 16.1 Å². The smallest absolute Gasteiger partial charge is 0.274 e. The summed E-state index contributed by atoms with van der Waals surface area (Å²) in [6.07, 6.45) is 0.179. The van der Waals surface area contributed by atoms with Gasteiger partial charge in [0.05, 0.1) is 51.0 Å². The van der Waals surface area contributed by atoms with E-state index in [1.807, 2.05) is 0 Å². The fourth-order valence-electron chi connectivity index (χ4n) is 4.72. The molecule has 3 N–H and O–H groups in total. The van der Waals surface area contributed by atoms with Crippen LogP contribution in [0.25, 0.3) is 0 Å². The summed E-state index contributed by atoms with van der Waals surface area (Å²) < 4.78 is 28.7. The minimum absolute atomic E-state index is 0.00788. The largest absolute Gasteiger partial charge is 0.503 e. The van der Waals surface area contributed by atoms with Crippen molar-refractivity contribution in [1.29, 1.82) is 0 Å². The summed E-state index contributed by atoms with van der Waals surface area (Å²) >= 11 is 0. The summed E-state index contributed by atoms with van der Waals surface area (Å²) in [7, 11) is 29.1. The number of carbonyl (C=O) groups is 2. The van der Waals surface area contributed by atoms with Gasteiger partial charge < -0.3 is 25.2 Å². The number of hydrogen-bond acceptors (Lipinski definition) is 5. The average molecular weight is 495 g/mol. The number of carbonyl (C=O) groups excluding carboxylic acids is 2. The topological polar surface area (TPSA) is 104 Å². The molecule has 180 valence electrons. The number of likely N-dealkylation sites (N-methyl/N-ethyl adjacent to an activating group) is 1. The van der Waals surface area contributed by atoms with Crippen LogP contribution in [-0.4, -0.2) is 84.0 Å². The lowest BCUT2D eigenvalue weighted by Crippen LogP contribution is -2.58. The SMILES string of the molecule is [B]C([B])([B])C([B])([B])N[C@H]1C[C@@H]2CN(CC)C(=O)c3c(O)c(=O)c(C(=O)NCc4ccc(F)cc4F)c1n32. The molecule has 10 radical (unpaired) electrons. The second kappa shape index (κ2) is 9.42. The van der Waals surface area contributed by atoms with Crippen LogP contribution in [0, 0.1) is 11.6 Å². The molecule has 0 saturated heterocycles. The van der Waals surface area contributed by atoms with Crippen LogP contribution in [0.4, 0.5) is 8.78 Å². The molecule has 2 aromatic rings. The van der Waals surface area contributed by atoms with Gasteiger partial charge in [0.25, 0.3) is 11.8 Å². The third kappa shape index (κ3) is 4.62. The molecule has 2 aliphatic heterocycles. The van der Waals surface area contributed by atoms with Crippen molar-refractivity contribution in [3.05, 3.63) is 62.6 Å². The predicted octanol–water partition coefficient (Wildman–Crippen LogP) is -0.617. The number of halogens is 2. The van der Waals surface area contributed by atoms with E-state index < -0.39 is 69.3 Å². The van der Waals surface area contributed by atoms with Gasteiger partial charge in [-0.1, -0.05) is 11.4 Å². The van der Waals surface area contributed by atoms with Crippen LogP contribution in [0.1, 0.15) is 57.5 Å². The van der Waals surface area contributed by atoms with Gasteiger partial charge in [0.15, 0.2) is 11.4 Å². The zero-order valence-corrected chi connectivity index (χ0v) is 19.9. The van der Waals surface area contributed by atoms with Crippen LogP contribution in [0.2, 0.25) is 5.11 Å². The van der Waals surface area contributed by atoms with Gasteiger partial charge in [0.1, 0.15) is 17.2 Å². The van der Waals surface area contributed by atoms with Gasteiger partial charge >= 0.3 is 0 Å². The lowest BCUT2D eigenvalue weighted by atomic mass is 9.26. The summed E-state index contributed by atoms with van der Waals surface area (Å²) in [6, 6.07) is 1.37. The number of amides is 2. The predicted molar refractivity (Wildman–Crippen MR) is 135 cm³/mol. The average Bonchev–Trinajstić information content (AvgIpc) is 3.13. The Bertz CT molecular complexity index is 1350. The molecule has 37 heavy (non-hydrogen) atoms.